The zero-order valence-electron chi connectivity index (χ0n) is 14.8. The molecule has 26 heavy (non-hydrogen) atoms. The number of benzene rings is 1. The lowest BCUT2D eigenvalue weighted by Gasteiger charge is -2.41. The van der Waals surface area contributed by atoms with Gasteiger partial charge in [0.05, 0.1) is 12.5 Å². The predicted octanol–water partition coefficient (Wildman–Crippen LogP) is 4.11. The zero-order chi connectivity index (χ0) is 18.1. The molecule has 0 bridgehead atoms. The Morgan fingerprint density at radius 3 is 2.92 bits per heavy atom. The molecule has 0 atom stereocenters. The van der Waals surface area contributed by atoms with Crippen LogP contribution in [0.15, 0.2) is 41.7 Å². The van der Waals surface area contributed by atoms with Crippen LogP contribution >= 0.6 is 11.8 Å². The highest BCUT2D eigenvalue weighted by Gasteiger charge is 2.33. The Balaban J connectivity index is 1.33. The number of thioether (sulfide) groups is 1. The fraction of sp³-hybridized carbons (Fsp3) is 0.368. The maximum atomic E-state index is 14.0. The molecule has 1 N–H and O–H groups in total. The molecule has 0 spiro atoms. The number of ether oxygens (including phenoxy) is 1. The zero-order valence-corrected chi connectivity index (χ0v) is 15.6. The summed E-state index contributed by atoms with van der Waals surface area (Å²) in [7, 11) is 3.64. The third-order valence-corrected chi connectivity index (χ3v) is 6.32. The van der Waals surface area contributed by atoms with Crippen LogP contribution < -0.4 is 9.64 Å². The summed E-state index contributed by atoms with van der Waals surface area (Å²) in [6.07, 6.45) is 5.68. The quantitative estimate of drug-likeness (QED) is 0.660. The van der Waals surface area contributed by atoms with Crippen molar-refractivity contribution in [2.24, 2.45) is 5.92 Å². The Morgan fingerprint density at radius 1 is 1.31 bits per heavy atom. The Kier molecular flexibility index (Phi) is 4.72. The normalized spacial score (nSPS) is 19.3. The van der Waals surface area contributed by atoms with Crippen LogP contribution in [0.1, 0.15) is 12.8 Å². The van der Waals surface area contributed by atoms with Crippen LogP contribution in [-0.2, 0) is 0 Å². The maximum absolute atomic E-state index is 14.0. The van der Waals surface area contributed by atoms with Crippen LogP contribution in [0.4, 0.5) is 10.2 Å². The summed E-state index contributed by atoms with van der Waals surface area (Å²) < 4.78 is 19.1. The monoisotopic (exact) mass is 372 g/mol. The largest absolute Gasteiger partial charge is 0.497 e. The number of hydrogen-bond donors (Lipinski definition) is 1. The van der Waals surface area contributed by atoms with Crippen molar-refractivity contribution in [1.82, 2.24) is 15.0 Å². The molecule has 0 saturated heterocycles. The van der Waals surface area contributed by atoms with Crippen LogP contribution in [-0.4, -0.2) is 40.9 Å². The molecule has 0 amide bonds. The fourth-order valence-electron chi connectivity index (χ4n) is 3.40. The molecule has 7 heteroatoms. The summed E-state index contributed by atoms with van der Waals surface area (Å²) in [5, 5.41) is 1.05. The molecule has 0 radical (unpaired) electrons. The van der Waals surface area contributed by atoms with Gasteiger partial charge in [0, 0.05) is 36.0 Å². The van der Waals surface area contributed by atoms with Crippen molar-refractivity contribution in [2.45, 2.75) is 23.8 Å². The van der Waals surface area contributed by atoms with Crippen LogP contribution in [0, 0.1) is 11.7 Å². The van der Waals surface area contributed by atoms with Gasteiger partial charge in [-0.25, -0.2) is 14.4 Å². The molecule has 2 heterocycles. The van der Waals surface area contributed by atoms with E-state index in [1.54, 1.807) is 37.3 Å². The molecule has 0 unspecified atom stereocenters. The van der Waals surface area contributed by atoms with Gasteiger partial charge in [0.1, 0.15) is 29.4 Å². The van der Waals surface area contributed by atoms with E-state index in [9.17, 15) is 4.39 Å². The predicted molar refractivity (Wildman–Crippen MR) is 102 cm³/mol. The van der Waals surface area contributed by atoms with E-state index in [2.05, 4.69) is 26.9 Å². The van der Waals surface area contributed by atoms with Gasteiger partial charge in [-0.2, -0.15) is 0 Å². The second-order valence-electron chi connectivity index (χ2n) is 6.65. The van der Waals surface area contributed by atoms with Crippen LogP contribution in [0.3, 0.4) is 0 Å². The number of hydrogen-bond acceptors (Lipinski definition) is 5. The van der Waals surface area contributed by atoms with Crippen molar-refractivity contribution in [2.75, 3.05) is 24.8 Å². The Morgan fingerprint density at radius 2 is 2.15 bits per heavy atom. The SMILES string of the molecule is COc1ccc(SC[C@H]2C[C@@H](N(C)c3ncnc4[nH]ccc34)C2)c(F)c1. The van der Waals surface area contributed by atoms with E-state index in [-0.39, 0.29) is 5.82 Å². The standard InChI is InChI=1S/C19H21FN4OS/c1-24(19-15-5-6-21-18(15)22-11-23-19)13-7-12(8-13)10-26-17-4-3-14(25-2)9-16(17)20/h3-6,9,11-13H,7-8,10H2,1-2H3,(H,21,22,23)/t12-,13+. The molecule has 1 fully saturated rings. The van der Waals surface area contributed by atoms with Gasteiger partial charge >= 0.3 is 0 Å². The van der Waals surface area contributed by atoms with Crippen molar-refractivity contribution >= 4 is 28.6 Å². The number of fused-ring (bicyclic) bond motifs is 1. The second kappa shape index (κ2) is 7.15. The van der Waals surface area contributed by atoms with Crippen molar-refractivity contribution < 1.29 is 9.13 Å². The lowest BCUT2D eigenvalue weighted by Crippen LogP contribution is -2.43. The summed E-state index contributed by atoms with van der Waals surface area (Å²) in [6.45, 7) is 0. The highest BCUT2D eigenvalue weighted by Crippen LogP contribution is 2.38. The first-order valence-corrected chi connectivity index (χ1v) is 9.61. The van der Waals surface area contributed by atoms with Gasteiger partial charge in [0.2, 0.25) is 0 Å². The highest BCUT2D eigenvalue weighted by molar-refractivity contribution is 7.99. The van der Waals surface area contributed by atoms with Crippen LogP contribution in [0.5, 0.6) is 5.75 Å². The molecule has 1 aliphatic carbocycles. The van der Waals surface area contributed by atoms with Gasteiger partial charge in [0.25, 0.3) is 0 Å². The number of nitrogens with one attached hydrogen (secondary N) is 1. The van der Waals surface area contributed by atoms with E-state index in [4.69, 9.17) is 4.74 Å². The van der Waals surface area contributed by atoms with Gasteiger partial charge in [-0.05, 0) is 37.0 Å². The van der Waals surface area contributed by atoms with E-state index in [0.29, 0.717) is 22.6 Å². The van der Waals surface area contributed by atoms with Gasteiger partial charge in [-0.3, -0.25) is 0 Å². The number of methoxy groups -OCH3 is 1. The molecule has 1 aliphatic rings. The first-order valence-electron chi connectivity index (χ1n) is 8.63. The number of H-pyrrole nitrogens is 1. The molecular formula is C19H21FN4OS. The number of aromatic amines is 1. The van der Waals surface area contributed by atoms with Crippen LogP contribution in [0.2, 0.25) is 0 Å². The van der Waals surface area contributed by atoms with Gasteiger partial charge in [-0.1, -0.05) is 0 Å². The molecule has 1 saturated carbocycles. The number of halogens is 1. The summed E-state index contributed by atoms with van der Waals surface area (Å²) in [5.74, 6) is 2.83. The van der Waals surface area contributed by atoms with Crippen molar-refractivity contribution in [1.29, 1.82) is 0 Å². The minimum absolute atomic E-state index is 0.210. The molecular weight excluding hydrogens is 351 g/mol. The molecule has 4 rings (SSSR count). The Bertz CT molecular complexity index is 909. The molecule has 0 aliphatic heterocycles. The fourth-order valence-corrected chi connectivity index (χ4v) is 4.45. The topological polar surface area (TPSA) is 54.0 Å². The van der Waals surface area contributed by atoms with Crippen molar-refractivity contribution in [3.8, 4) is 5.75 Å². The lowest BCUT2D eigenvalue weighted by molar-refractivity contribution is 0.285. The number of aromatic nitrogens is 3. The highest BCUT2D eigenvalue weighted by atomic mass is 32.2. The number of anilines is 1. The van der Waals surface area contributed by atoms with E-state index < -0.39 is 0 Å². The van der Waals surface area contributed by atoms with Crippen LogP contribution in [0.25, 0.3) is 11.0 Å². The average Bonchev–Trinajstić information content (AvgIpc) is 3.09. The van der Waals surface area contributed by atoms with Gasteiger partial charge < -0.3 is 14.6 Å². The second-order valence-corrected chi connectivity index (χ2v) is 7.71. The average molecular weight is 372 g/mol. The first kappa shape index (κ1) is 17.1. The molecule has 1 aromatic carbocycles. The Hall–Kier alpha value is -2.28. The van der Waals surface area contributed by atoms with E-state index >= 15 is 0 Å². The molecule has 3 aromatic rings. The van der Waals surface area contributed by atoms with E-state index in [1.165, 1.54) is 6.07 Å². The number of nitrogens with zero attached hydrogens (tertiary/aromatic N) is 3. The minimum atomic E-state index is -0.210. The number of rotatable bonds is 6. The van der Waals surface area contributed by atoms with Crippen molar-refractivity contribution in [3.05, 3.63) is 42.6 Å². The molecule has 5 nitrogen and oxygen atoms in total. The third-order valence-electron chi connectivity index (χ3n) is 5.04. The van der Waals surface area contributed by atoms with Gasteiger partial charge in [0.15, 0.2) is 0 Å². The molecule has 136 valence electrons. The van der Waals surface area contributed by atoms with Gasteiger partial charge in [-0.15, -0.1) is 11.8 Å². The molecule has 2 aromatic heterocycles. The smallest absolute Gasteiger partial charge is 0.142 e. The van der Waals surface area contributed by atoms with Crippen molar-refractivity contribution in [3.63, 3.8) is 0 Å². The lowest BCUT2D eigenvalue weighted by atomic mass is 9.81. The maximum Gasteiger partial charge on any atom is 0.142 e. The minimum Gasteiger partial charge on any atom is -0.497 e. The summed E-state index contributed by atoms with van der Waals surface area (Å²) in [6, 6.07) is 7.52. The van der Waals surface area contributed by atoms with E-state index in [0.717, 1.165) is 35.4 Å². The summed E-state index contributed by atoms with van der Waals surface area (Å²) in [5.41, 5.74) is 0.864. The summed E-state index contributed by atoms with van der Waals surface area (Å²) >= 11 is 1.58. The summed E-state index contributed by atoms with van der Waals surface area (Å²) in [4.78, 5) is 14.8. The third kappa shape index (κ3) is 3.23. The Labute approximate surface area is 156 Å². The first-order chi connectivity index (χ1) is 12.7. The van der Waals surface area contributed by atoms with E-state index in [1.807, 2.05) is 12.3 Å².